The van der Waals surface area contributed by atoms with Gasteiger partial charge in [-0.3, -0.25) is 4.98 Å². The Hall–Kier alpha value is -1.67. The number of nitrogens with zero attached hydrogens (tertiary/aromatic N) is 1. The summed E-state index contributed by atoms with van der Waals surface area (Å²) in [5.41, 5.74) is 10.1. The van der Waals surface area contributed by atoms with Gasteiger partial charge in [0.15, 0.2) is 0 Å². The molecule has 1 heterocycles. The van der Waals surface area contributed by atoms with Crippen LogP contribution in [0.2, 0.25) is 0 Å². The summed E-state index contributed by atoms with van der Waals surface area (Å²) >= 11 is 0. The van der Waals surface area contributed by atoms with Crippen molar-refractivity contribution in [1.29, 1.82) is 0 Å². The first-order valence-electron chi connectivity index (χ1n) is 5.52. The molecule has 2 rings (SSSR count). The van der Waals surface area contributed by atoms with E-state index in [1.54, 1.807) is 0 Å². The fourth-order valence-electron chi connectivity index (χ4n) is 1.76. The maximum Gasteiger partial charge on any atom is 0.0705 e. The molecule has 0 aliphatic carbocycles. The lowest BCUT2D eigenvalue weighted by Crippen LogP contribution is -2.02. The molecule has 16 heavy (non-hydrogen) atoms. The number of rotatable bonds is 3. The number of nitrogens with two attached hydrogens (primary N) is 1. The Balaban J connectivity index is 2.36. The zero-order valence-electron chi connectivity index (χ0n) is 9.48. The minimum Gasteiger partial charge on any atom is -0.330 e. The lowest BCUT2D eigenvalue weighted by Gasteiger charge is -2.04. The van der Waals surface area contributed by atoms with E-state index in [0.29, 0.717) is 6.54 Å². The van der Waals surface area contributed by atoms with Gasteiger partial charge < -0.3 is 5.73 Å². The molecular formula is C14H16N2. The summed E-state index contributed by atoms with van der Waals surface area (Å²) in [7, 11) is 0. The molecule has 2 aromatic rings. The molecule has 2 N–H and O–H groups in total. The van der Waals surface area contributed by atoms with Gasteiger partial charge in [0.25, 0.3) is 0 Å². The van der Waals surface area contributed by atoms with Crippen molar-refractivity contribution >= 4 is 0 Å². The van der Waals surface area contributed by atoms with Gasteiger partial charge in [-0.1, -0.05) is 24.3 Å². The highest BCUT2D eigenvalue weighted by atomic mass is 14.7. The van der Waals surface area contributed by atoms with Crippen molar-refractivity contribution in [3.8, 4) is 11.3 Å². The molecule has 0 spiro atoms. The van der Waals surface area contributed by atoms with Gasteiger partial charge in [0.2, 0.25) is 0 Å². The number of pyridine rings is 1. The van der Waals surface area contributed by atoms with E-state index in [1.165, 1.54) is 5.56 Å². The van der Waals surface area contributed by atoms with Crippen molar-refractivity contribution in [2.45, 2.75) is 13.3 Å². The van der Waals surface area contributed by atoms with Gasteiger partial charge in [0, 0.05) is 11.3 Å². The third kappa shape index (κ3) is 2.47. The monoisotopic (exact) mass is 212 g/mol. The maximum atomic E-state index is 5.56. The maximum absolute atomic E-state index is 5.56. The van der Waals surface area contributed by atoms with Crippen LogP contribution in [0.3, 0.4) is 0 Å². The van der Waals surface area contributed by atoms with Crippen LogP contribution < -0.4 is 5.73 Å². The van der Waals surface area contributed by atoms with Crippen molar-refractivity contribution in [2.75, 3.05) is 6.54 Å². The summed E-state index contributed by atoms with van der Waals surface area (Å²) in [6.07, 6.45) is 0.916. The van der Waals surface area contributed by atoms with E-state index >= 15 is 0 Å². The Morgan fingerprint density at radius 2 is 1.94 bits per heavy atom. The molecule has 0 amide bonds. The predicted molar refractivity (Wildman–Crippen MR) is 67.2 cm³/mol. The summed E-state index contributed by atoms with van der Waals surface area (Å²) in [6, 6.07) is 14.5. The molecule has 0 radical (unpaired) electrons. The third-order valence-electron chi connectivity index (χ3n) is 2.54. The van der Waals surface area contributed by atoms with Crippen LogP contribution in [0.25, 0.3) is 11.3 Å². The Morgan fingerprint density at radius 3 is 2.69 bits per heavy atom. The van der Waals surface area contributed by atoms with Crippen LogP contribution in [0, 0.1) is 6.92 Å². The Morgan fingerprint density at radius 1 is 1.12 bits per heavy atom. The Kier molecular flexibility index (Phi) is 3.32. The minimum absolute atomic E-state index is 0.685. The highest BCUT2D eigenvalue weighted by Crippen LogP contribution is 2.18. The van der Waals surface area contributed by atoms with Crippen LogP contribution >= 0.6 is 0 Å². The normalized spacial score (nSPS) is 10.4. The lowest BCUT2D eigenvalue weighted by atomic mass is 10.1. The van der Waals surface area contributed by atoms with Gasteiger partial charge in [-0.15, -0.1) is 0 Å². The third-order valence-corrected chi connectivity index (χ3v) is 2.54. The molecule has 0 aliphatic rings. The van der Waals surface area contributed by atoms with Gasteiger partial charge in [0.1, 0.15) is 0 Å². The van der Waals surface area contributed by atoms with E-state index in [2.05, 4.69) is 29.2 Å². The second-order valence-electron chi connectivity index (χ2n) is 3.90. The molecule has 0 unspecified atom stereocenters. The molecule has 2 nitrogen and oxygen atoms in total. The second-order valence-corrected chi connectivity index (χ2v) is 3.90. The standard InChI is InChI=1S/C14H16N2/c1-11-4-2-7-14(16-11)13-6-3-5-12(10-13)8-9-15/h2-7,10H,8-9,15H2,1H3. The predicted octanol–water partition coefficient (Wildman–Crippen LogP) is 2.56. The van der Waals surface area contributed by atoms with Crippen molar-refractivity contribution in [2.24, 2.45) is 5.73 Å². The number of hydrogen-bond acceptors (Lipinski definition) is 2. The van der Waals surface area contributed by atoms with Crippen molar-refractivity contribution in [1.82, 2.24) is 4.98 Å². The van der Waals surface area contributed by atoms with Crippen molar-refractivity contribution < 1.29 is 0 Å². The first-order valence-corrected chi connectivity index (χ1v) is 5.52. The highest BCUT2D eigenvalue weighted by molar-refractivity contribution is 5.60. The smallest absolute Gasteiger partial charge is 0.0705 e. The van der Waals surface area contributed by atoms with Crippen LogP contribution in [0.1, 0.15) is 11.3 Å². The van der Waals surface area contributed by atoms with Gasteiger partial charge >= 0.3 is 0 Å². The topological polar surface area (TPSA) is 38.9 Å². The summed E-state index contributed by atoms with van der Waals surface area (Å²) < 4.78 is 0. The summed E-state index contributed by atoms with van der Waals surface area (Å²) in [5, 5.41) is 0. The number of hydrogen-bond donors (Lipinski definition) is 1. The van der Waals surface area contributed by atoms with E-state index in [9.17, 15) is 0 Å². The summed E-state index contributed by atoms with van der Waals surface area (Å²) in [5.74, 6) is 0. The fraction of sp³-hybridized carbons (Fsp3) is 0.214. The number of benzene rings is 1. The minimum atomic E-state index is 0.685. The SMILES string of the molecule is Cc1cccc(-c2cccc(CCN)c2)n1. The molecule has 0 saturated heterocycles. The molecule has 1 aromatic carbocycles. The molecule has 0 atom stereocenters. The molecule has 2 heteroatoms. The first kappa shape index (κ1) is 10.8. The van der Waals surface area contributed by atoms with Crippen LogP contribution in [-0.4, -0.2) is 11.5 Å². The van der Waals surface area contributed by atoms with E-state index in [-0.39, 0.29) is 0 Å². The quantitative estimate of drug-likeness (QED) is 0.849. The average molecular weight is 212 g/mol. The van der Waals surface area contributed by atoms with E-state index in [1.807, 2.05) is 25.1 Å². The largest absolute Gasteiger partial charge is 0.330 e. The molecule has 0 bridgehead atoms. The molecule has 82 valence electrons. The van der Waals surface area contributed by atoms with Crippen LogP contribution in [0.15, 0.2) is 42.5 Å². The van der Waals surface area contributed by atoms with Crippen LogP contribution in [0.4, 0.5) is 0 Å². The van der Waals surface area contributed by atoms with Gasteiger partial charge in [-0.05, 0) is 43.7 Å². The lowest BCUT2D eigenvalue weighted by molar-refractivity contribution is 0.969. The van der Waals surface area contributed by atoms with Crippen molar-refractivity contribution in [3.05, 3.63) is 53.7 Å². The zero-order valence-corrected chi connectivity index (χ0v) is 9.48. The van der Waals surface area contributed by atoms with E-state index in [4.69, 9.17) is 5.73 Å². The highest BCUT2D eigenvalue weighted by Gasteiger charge is 2.00. The van der Waals surface area contributed by atoms with E-state index in [0.717, 1.165) is 23.4 Å². The number of aryl methyl sites for hydroxylation is 1. The van der Waals surface area contributed by atoms with Gasteiger partial charge in [0.05, 0.1) is 5.69 Å². The van der Waals surface area contributed by atoms with Crippen LogP contribution in [-0.2, 0) is 6.42 Å². The first-order chi connectivity index (χ1) is 7.79. The number of aromatic nitrogens is 1. The Labute approximate surface area is 96.1 Å². The molecule has 0 aliphatic heterocycles. The van der Waals surface area contributed by atoms with Gasteiger partial charge in [-0.2, -0.15) is 0 Å². The van der Waals surface area contributed by atoms with Gasteiger partial charge in [-0.25, -0.2) is 0 Å². The second kappa shape index (κ2) is 4.90. The zero-order chi connectivity index (χ0) is 11.4. The molecule has 0 saturated carbocycles. The van der Waals surface area contributed by atoms with Crippen LogP contribution in [0.5, 0.6) is 0 Å². The average Bonchev–Trinajstić information content (AvgIpc) is 2.30. The Bertz CT molecular complexity index is 478. The molecular weight excluding hydrogens is 196 g/mol. The fourth-order valence-corrected chi connectivity index (χ4v) is 1.76. The van der Waals surface area contributed by atoms with E-state index < -0.39 is 0 Å². The van der Waals surface area contributed by atoms with Crippen molar-refractivity contribution in [3.63, 3.8) is 0 Å². The molecule has 1 aromatic heterocycles. The molecule has 0 fully saturated rings. The summed E-state index contributed by atoms with van der Waals surface area (Å²) in [6.45, 7) is 2.69. The summed E-state index contributed by atoms with van der Waals surface area (Å²) in [4.78, 5) is 4.51.